The molecule has 23 heavy (non-hydrogen) atoms. The first-order valence-corrected chi connectivity index (χ1v) is 9.42. The van der Waals surface area contributed by atoms with Gasteiger partial charge in [-0.3, -0.25) is 14.9 Å². The Balaban J connectivity index is 1.76. The second-order valence-electron chi connectivity index (χ2n) is 4.39. The molecule has 0 saturated heterocycles. The molecule has 0 aliphatic carbocycles. The first-order chi connectivity index (χ1) is 10.9. The first-order valence-electron chi connectivity index (χ1n) is 6.14. The second-order valence-corrected chi connectivity index (χ2v) is 8.47. The summed E-state index contributed by atoms with van der Waals surface area (Å²) in [5.41, 5.74) is 6.90. The van der Waals surface area contributed by atoms with Gasteiger partial charge in [-0.25, -0.2) is 4.98 Å². The Morgan fingerprint density at radius 2 is 2.09 bits per heavy atom. The van der Waals surface area contributed by atoms with Crippen molar-refractivity contribution in [2.45, 2.75) is 0 Å². The van der Waals surface area contributed by atoms with E-state index < -0.39 is 5.91 Å². The van der Waals surface area contributed by atoms with E-state index in [0.29, 0.717) is 21.4 Å². The molecule has 0 aromatic carbocycles. The highest BCUT2D eigenvalue weighted by molar-refractivity contribution is 9.13. The molecule has 0 aliphatic heterocycles. The number of anilines is 1. The number of carbonyl (C=O) groups is 2. The molecule has 0 saturated carbocycles. The van der Waals surface area contributed by atoms with Crippen molar-refractivity contribution < 1.29 is 9.59 Å². The van der Waals surface area contributed by atoms with Gasteiger partial charge in [0.1, 0.15) is 5.69 Å². The number of hydrogen-bond acceptors (Lipinski definition) is 5. The van der Waals surface area contributed by atoms with E-state index in [4.69, 9.17) is 5.73 Å². The fraction of sp³-hybridized carbons (Fsp3) is 0. The standard InChI is InChI=1S/C13H8Br2N4O2S2/c14-6-2-9(23-10(6)15)12(21)19-13-18-8(4-22-13)5-1-7(11(16)20)17-3-5/h1-4,17H,(H2,16,20)(H,18,19,21). The van der Waals surface area contributed by atoms with E-state index in [-0.39, 0.29) is 5.91 Å². The number of primary amides is 1. The Labute approximate surface area is 155 Å². The number of carbonyl (C=O) groups excluding carboxylic acids is 2. The predicted octanol–water partition coefficient (Wildman–Crippen LogP) is 4.08. The zero-order chi connectivity index (χ0) is 16.6. The lowest BCUT2D eigenvalue weighted by Crippen LogP contribution is -2.10. The van der Waals surface area contributed by atoms with Crippen LogP contribution in [0.5, 0.6) is 0 Å². The number of nitrogens with two attached hydrogens (primary N) is 1. The molecular weight excluding hydrogens is 468 g/mol. The van der Waals surface area contributed by atoms with E-state index in [1.54, 1.807) is 23.7 Å². The molecule has 0 unspecified atom stereocenters. The smallest absolute Gasteiger partial charge is 0.267 e. The summed E-state index contributed by atoms with van der Waals surface area (Å²) in [5.74, 6) is -0.761. The van der Waals surface area contributed by atoms with Gasteiger partial charge in [0, 0.05) is 21.6 Å². The van der Waals surface area contributed by atoms with Crippen LogP contribution < -0.4 is 11.1 Å². The number of H-pyrrole nitrogens is 1. The van der Waals surface area contributed by atoms with Crippen molar-refractivity contribution >= 4 is 71.5 Å². The molecule has 118 valence electrons. The maximum Gasteiger partial charge on any atom is 0.267 e. The van der Waals surface area contributed by atoms with E-state index in [1.807, 2.05) is 0 Å². The Morgan fingerprint density at radius 1 is 1.30 bits per heavy atom. The number of nitrogens with zero attached hydrogens (tertiary/aromatic N) is 1. The molecule has 3 heterocycles. The number of thiophene rings is 1. The van der Waals surface area contributed by atoms with Gasteiger partial charge >= 0.3 is 0 Å². The van der Waals surface area contributed by atoms with Crippen LogP contribution in [0.15, 0.2) is 32.0 Å². The van der Waals surface area contributed by atoms with Gasteiger partial charge in [-0.1, -0.05) is 0 Å². The van der Waals surface area contributed by atoms with E-state index in [0.717, 1.165) is 13.8 Å². The molecule has 0 bridgehead atoms. The number of rotatable bonds is 4. The molecule has 0 aliphatic rings. The zero-order valence-corrected chi connectivity index (χ0v) is 16.0. The lowest BCUT2D eigenvalue weighted by atomic mass is 10.2. The molecule has 3 aromatic rings. The van der Waals surface area contributed by atoms with Crippen molar-refractivity contribution in [2.24, 2.45) is 5.73 Å². The highest BCUT2D eigenvalue weighted by Gasteiger charge is 2.15. The summed E-state index contributed by atoms with van der Waals surface area (Å²) in [6.45, 7) is 0. The number of aromatic nitrogens is 2. The highest BCUT2D eigenvalue weighted by Crippen LogP contribution is 2.33. The first kappa shape index (κ1) is 16.4. The minimum Gasteiger partial charge on any atom is -0.364 e. The quantitative estimate of drug-likeness (QED) is 0.529. The number of thiazole rings is 1. The second kappa shape index (κ2) is 6.56. The van der Waals surface area contributed by atoms with Gasteiger partial charge in [-0.15, -0.1) is 22.7 Å². The summed E-state index contributed by atoms with van der Waals surface area (Å²) >= 11 is 9.34. The fourth-order valence-electron chi connectivity index (χ4n) is 1.77. The van der Waals surface area contributed by atoms with E-state index >= 15 is 0 Å². The number of amides is 2. The lowest BCUT2D eigenvalue weighted by Gasteiger charge is -1.97. The van der Waals surface area contributed by atoms with Crippen molar-refractivity contribution in [3.8, 4) is 11.3 Å². The molecule has 6 nitrogen and oxygen atoms in total. The van der Waals surface area contributed by atoms with Crippen LogP contribution in [0.4, 0.5) is 5.13 Å². The molecule has 0 radical (unpaired) electrons. The van der Waals surface area contributed by atoms with Crippen molar-refractivity contribution in [2.75, 3.05) is 5.32 Å². The van der Waals surface area contributed by atoms with Gasteiger partial charge in [0.05, 0.1) is 14.4 Å². The van der Waals surface area contributed by atoms with Crippen molar-refractivity contribution in [3.05, 3.63) is 42.5 Å². The summed E-state index contributed by atoms with van der Waals surface area (Å²) < 4.78 is 1.69. The molecule has 0 fully saturated rings. The molecule has 3 aromatic heterocycles. The average molecular weight is 476 g/mol. The summed E-state index contributed by atoms with van der Waals surface area (Å²) in [7, 11) is 0. The van der Waals surface area contributed by atoms with Gasteiger partial charge in [0.15, 0.2) is 5.13 Å². The van der Waals surface area contributed by atoms with Crippen LogP contribution in [0.3, 0.4) is 0 Å². The van der Waals surface area contributed by atoms with Crippen LogP contribution in [0, 0.1) is 0 Å². The number of hydrogen-bond donors (Lipinski definition) is 3. The van der Waals surface area contributed by atoms with Gasteiger partial charge in [-0.05, 0) is 44.0 Å². The third-order valence-electron chi connectivity index (χ3n) is 2.84. The summed E-state index contributed by atoms with van der Waals surface area (Å²) in [5, 5.41) is 5.03. The van der Waals surface area contributed by atoms with E-state index in [1.165, 1.54) is 22.7 Å². The average Bonchev–Trinajstić information content (AvgIpc) is 3.19. The van der Waals surface area contributed by atoms with Crippen LogP contribution >= 0.6 is 54.5 Å². The molecule has 4 N–H and O–H groups in total. The third kappa shape index (κ3) is 3.55. The SMILES string of the molecule is NC(=O)c1cc(-c2csc(NC(=O)c3cc(Br)c(Br)s3)n2)c[nH]1. The van der Waals surface area contributed by atoms with E-state index in [2.05, 4.69) is 47.1 Å². The van der Waals surface area contributed by atoms with Crippen LogP contribution in [0.1, 0.15) is 20.2 Å². The summed E-state index contributed by atoms with van der Waals surface area (Å²) in [6.07, 6.45) is 1.65. The fourth-order valence-corrected chi connectivity index (χ4v) is 4.41. The minimum absolute atomic E-state index is 0.228. The van der Waals surface area contributed by atoms with E-state index in [9.17, 15) is 9.59 Å². The third-order valence-corrected chi connectivity index (χ3v) is 6.85. The Morgan fingerprint density at radius 3 is 2.70 bits per heavy atom. The maximum absolute atomic E-state index is 12.2. The van der Waals surface area contributed by atoms with Crippen molar-refractivity contribution in [3.63, 3.8) is 0 Å². The van der Waals surface area contributed by atoms with Crippen molar-refractivity contribution in [1.29, 1.82) is 0 Å². The maximum atomic E-state index is 12.2. The minimum atomic E-state index is -0.533. The highest BCUT2D eigenvalue weighted by atomic mass is 79.9. The Hall–Kier alpha value is -1.49. The van der Waals surface area contributed by atoms with Crippen LogP contribution in [0.25, 0.3) is 11.3 Å². The molecule has 0 spiro atoms. The molecule has 10 heteroatoms. The number of halogens is 2. The van der Waals surface area contributed by atoms with Crippen LogP contribution in [-0.4, -0.2) is 21.8 Å². The Bertz CT molecular complexity index is 880. The van der Waals surface area contributed by atoms with Crippen LogP contribution in [-0.2, 0) is 0 Å². The molecule has 2 amide bonds. The summed E-state index contributed by atoms with van der Waals surface area (Å²) in [4.78, 5) is 31.0. The topological polar surface area (TPSA) is 101 Å². The van der Waals surface area contributed by atoms with Gasteiger partial charge in [0.25, 0.3) is 11.8 Å². The normalized spacial score (nSPS) is 10.7. The monoisotopic (exact) mass is 474 g/mol. The molecular formula is C13H8Br2N4O2S2. The number of aromatic amines is 1. The lowest BCUT2D eigenvalue weighted by molar-refractivity contribution is 0.0994. The van der Waals surface area contributed by atoms with Gasteiger partial charge < -0.3 is 10.7 Å². The largest absolute Gasteiger partial charge is 0.364 e. The van der Waals surface area contributed by atoms with Gasteiger partial charge in [0.2, 0.25) is 0 Å². The van der Waals surface area contributed by atoms with Gasteiger partial charge in [-0.2, -0.15) is 0 Å². The van der Waals surface area contributed by atoms with Crippen LogP contribution in [0.2, 0.25) is 0 Å². The summed E-state index contributed by atoms with van der Waals surface area (Å²) in [6, 6.07) is 3.36. The zero-order valence-electron chi connectivity index (χ0n) is 11.2. The Kier molecular flexibility index (Phi) is 4.67. The molecule has 3 rings (SSSR count). The predicted molar refractivity (Wildman–Crippen MR) is 98.1 cm³/mol. The van der Waals surface area contributed by atoms with Crippen molar-refractivity contribution in [1.82, 2.24) is 9.97 Å². The number of nitrogens with one attached hydrogen (secondary N) is 2. The molecule has 0 atom stereocenters.